The molecule has 0 bridgehead atoms. The normalized spacial score (nSPS) is 11.7. The van der Waals surface area contributed by atoms with Crippen LogP contribution in [0.3, 0.4) is 0 Å². The summed E-state index contributed by atoms with van der Waals surface area (Å²) in [5.74, 6) is 0. The van der Waals surface area contributed by atoms with Crippen LogP contribution in [0.1, 0.15) is 0 Å². The fraction of sp³-hybridized carbons (Fsp3) is 0. The van der Waals surface area contributed by atoms with Crippen LogP contribution in [-0.2, 0) is 0 Å². The molecule has 2 nitrogen and oxygen atoms in total. The zero-order valence-electron chi connectivity index (χ0n) is 23.1. The molecule has 4 heteroatoms. The van der Waals surface area contributed by atoms with Crippen molar-refractivity contribution in [2.75, 3.05) is 4.90 Å². The zero-order valence-corrected chi connectivity index (χ0v) is 24.7. The number of nitrogens with zero attached hydrogens (tertiary/aromatic N) is 2. The van der Waals surface area contributed by atoms with Gasteiger partial charge in [-0.15, -0.1) is 22.7 Å². The van der Waals surface area contributed by atoms with Gasteiger partial charge >= 0.3 is 0 Å². The first-order valence-electron chi connectivity index (χ1n) is 14.4. The Kier molecular flexibility index (Phi) is 5.58. The van der Waals surface area contributed by atoms with Gasteiger partial charge in [-0.1, -0.05) is 78.9 Å². The van der Waals surface area contributed by atoms with Gasteiger partial charge < -0.3 is 4.90 Å². The van der Waals surface area contributed by atoms with Crippen LogP contribution >= 0.6 is 22.7 Å². The van der Waals surface area contributed by atoms with Crippen molar-refractivity contribution < 1.29 is 0 Å². The number of rotatable bonds is 4. The fourth-order valence-corrected chi connectivity index (χ4v) is 8.62. The lowest BCUT2D eigenvalue weighted by molar-refractivity contribution is 1.30. The SMILES string of the molecule is c1ccc(-c2ccc(N(c3ccc4c(c3)sc3ccccc34)c3ccc4sc5c6ccncc6ccc5c4c3)cc2)cc1. The molecule has 0 aliphatic carbocycles. The van der Waals surface area contributed by atoms with Crippen LogP contribution in [0.5, 0.6) is 0 Å². The minimum Gasteiger partial charge on any atom is -0.310 e. The highest BCUT2D eigenvalue weighted by molar-refractivity contribution is 7.26. The first-order valence-corrected chi connectivity index (χ1v) is 16.0. The van der Waals surface area contributed by atoms with E-state index in [0.717, 1.165) is 17.1 Å². The van der Waals surface area contributed by atoms with Crippen LogP contribution in [0.25, 0.3) is 62.2 Å². The molecule has 202 valence electrons. The molecule has 3 aromatic heterocycles. The Bertz CT molecular complexity index is 2450. The van der Waals surface area contributed by atoms with Crippen LogP contribution in [0, 0.1) is 0 Å². The third kappa shape index (κ3) is 4.03. The lowest BCUT2D eigenvalue weighted by atomic mass is 10.0. The number of fused-ring (bicyclic) bond motifs is 8. The second-order valence-corrected chi connectivity index (χ2v) is 13.0. The standard InChI is InChI=1S/C39H24N2S2/c1-2-6-25(7-3-1)26-10-13-28(14-11-26)41(30-15-18-33-32-8-4-5-9-36(32)42-38(33)23-30)29-16-19-37-35(22-29)34-17-12-27-24-40-21-20-31(27)39(34)43-37/h1-24H. The van der Waals surface area contributed by atoms with E-state index in [-0.39, 0.29) is 0 Å². The van der Waals surface area contributed by atoms with Gasteiger partial charge in [0, 0.05) is 80.6 Å². The number of hydrogen-bond acceptors (Lipinski definition) is 4. The quantitative estimate of drug-likeness (QED) is 0.205. The summed E-state index contributed by atoms with van der Waals surface area (Å²) in [6.07, 6.45) is 3.85. The Morgan fingerprint density at radius 1 is 0.442 bits per heavy atom. The molecule has 0 unspecified atom stereocenters. The summed E-state index contributed by atoms with van der Waals surface area (Å²) < 4.78 is 5.23. The molecule has 0 N–H and O–H groups in total. The van der Waals surface area contributed by atoms with Gasteiger partial charge in [0.2, 0.25) is 0 Å². The first-order chi connectivity index (χ1) is 21.3. The molecule has 0 radical (unpaired) electrons. The molecule has 0 spiro atoms. The molecule has 3 heterocycles. The molecule has 0 fully saturated rings. The molecule has 0 saturated heterocycles. The topological polar surface area (TPSA) is 16.1 Å². The Balaban J connectivity index is 1.24. The molecule has 0 amide bonds. The minimum atomic E-state index is 1.13. The molecule has 9 rings (SSSR count). The molecule has 43 heavy (non-hydrogen) atoms. The van der Waals surface area contributed by atoms with Gasteiger partial charge in [-0.3, -0.25) is 4.98 Å². The lowest BCUT2D eigenvalue weighted by Gasteiger charge is -2.26. The van der Waals surface area contributed by atoms with Gasteiger partial charge in [-0.25, -0.2) is 0 Å². The zero-order chi connectivity index (χ0) is 28.3. The van der Waals surface area contributed by atoms with Gasteiger partial charge in [0.15, 0.2) is 0 Å². The Morgan fingerprint density at radius 3 is 2.05 bits per heavy atom. The number of benzene rings is 6. The van der Waals surface area contributed by atoms with E-state index < -0.39 is 0 Å². The molecule has 0 atom stereocenters. The molecule has 6 aromatic carbocycles. The third-order valence-corrected chi connectivity index (χ3v) is 10.7. The molecular formula is C39H24N2S2. The van der Waals surface area contributed by atoms with Crippen LogP contribution in [-0.4, -0.2) is 4.98 Å². The van der Waals surface area contributed by atoms with E-state index in [9.17, 15) is 0 Å². The molecule has 9 aromatic rings. The van der Waals surface area contributed by atoms with E-state index in [1.807, 2.05) is 35.1 Å². The van der Waals surface area contributed by atoms with Gasteiger partial charge in [0.1, 0.15) is 0 Å². The predicted octanol–water partition coefficient (Wildman–Crippen LogP) is 12.1. The summed E-state index contributed by atoms with van der Waals surface area (Å²) in [6.45, 7) is 0. The highest BCUT2D eigenvalue weighted by atomic mass is 32.1. The average molecular weight is 585 g/mol. The Hall–Kier alpha value is -5.03. The van der Waals surface area contributed by atoms with E-state index in [1.165, 1.54) is 62.2 Å². The second-order valence-electron chi connectivity index (χ2n) is 10.8. The van der Waals surface area contributed by atoms with Gasteiger partial charge in [0.05, 0.1) is 0 Å². The maximum absolute atomic E-state index is 4.34. The van der Waals surface area contributed by atoms with Crippen molar-refractivity contribution in [1.82, 2.24) is 4.98 Å². The van der Waals surface area contributed by atoms with Crippen molar-refractivity contribution in [2.45, 2.75) is 0 Å². The summed E-state index contributed by atoms with van der Waals surface area (Å²) in [4.78, 5) is 6.73. The van der Waals surface area contributed by atoms with Crippen LogP contribution < -0.4 is 4.90 Å². The van der Waals surface area contributed by atoms with E-state index in [4.69, 9.17) is 0 Å². The van der Waals surface area contributed by atoms with Crippen molar-refractivity contribution >= 4 is 90.9 Å². The number of pyridine rings is 1. The van der Waals surface area contributed by atoms with E-state index in [0.29, 0.717) is 0 Å². The van der Waals surface area contributed by atoms with Crippen LogP contribution in [0.4, 0.5) is 17.1 Å². The summed E-state index contributed by atoms with van der Waals surface area (Å²) in [7, 11) is 0. The van der Waals surface area contributed by atoms with Crippen molar-refractivity contribution in [3.63, 3.8) is 0 Å². The summed E-state index contributed by atoms with van der Waals surface area (Å²) >= 11 is 3.72. The molecule has 0 saturated carbocycles. The number of anilines is 3. The Labute approximate surface area is 256 Å². The smallest absolute Gasteiger partial charge is 0.0476 e. The van der Waals surface area contributed by atoms with E-state index in [2.05, 4.69) is 143 Å². The van der Waals surface area contributed by atoms with Crippen LogP contribution in [0.15, 0.2) is 146 Å². The number of aromatic nitrogens is 1. The average Bonchev–Trinajstić information content (AvgIpc) is 3.64. The summed E-state index contributed by atoms with van der Waals surface area (Å²) in [5.41, 5.74) is 5.87. The van der Waals surface area contributed by atoms with Gasteiger partial charge in [-0.2, -0.15) is 0 Å². The minimum absolute atomic E-state index is 1.13. The largest absolute Gasteiger partial charge is 0.310 e. The maximum atomic E-state index is 4.34. The first kappa shape index (κ1) is 24.6. The summed E-state index contributed by atoms with van der Waals surface area (Å²) in [6, 6.07) is 48.6. The lowest BCUT2D eigenvalue weighted by Crippen LogP contribution is -2.09. The third-order valence-electron chi connectivity index (χ3n) is 8.35. The highest BCUT2D eigenvalue weighted by Crippen LogP contribution is 2.44. The number of hydrogen-bond donors (Lipinski definition) is 0. The highest BCUT2D eigenvalue weighted by Gasteiger charge is 2.17. The van der Waals surface area contributed by atoms with Crippen molar-refractivity contribution in [3.05, 3.63) is 146 Å². The van der Waals surface area contributed by atoms with Crippen molar-refractivity contribution in [1.29, 1.82) is 0 Å². The molecule has 0 aliphatic heterocycles. The van der Waals surface area contributed by atoms with Gasteiger partial charge in [-0.05, 0) is 65.7 Å². The fourth-order valence-electron chi connectivity index (χ4n) is 6.26. The van der Waals surface area contributed by atoms with E-state index >= 15 is 0 Å². The number of thiophene rings is 2. The van der Waals surface area contributed by atoms with Crippen molar-refractivity contribution in [3.8, 4) is 11.1 Å². The second kappa shape index (κ2) is 9.77. The van der Waals surface area contributed by atoms with Gasteiger partial charge in [0.25, 0.3) is 0 Å². The Morgan fingerprint density at radius 2 is 1.14 bits per heavy atom. The van der Waals surface area contributed by atoms with E-state index in [1.54, 1.807) is 0 Å². The molecule has 0 aliphatic rings. The molecular weight excluding hydrogens is 561 g/mol. The predicted molar refractivity (Wildman–Crippen MR) is 188 cm³/mol. The van der Waals surface area contributed by atoms with Crippen molar-refractivity contribution in [2.24, 2.45) is 0 Å². The van der Waals surface area contributed by atoms with Crippen LogP contribution in [0.2, 0.25) is 0 Å². The monoisotopic (exact) mass is 584 g/mol. The summed E-state index contributed by atoms with van der Waals surface area (Å²) in [5, 5.41) is 7.65. The maximum Gasteiger partial charge on any atom is 0.0476 e.